The normalized spacial score (nSPS) is 11.0. The Hall–Kier alpha value is -5.90. The van der Waals surface area contributed by atoms with Crippen LogP contribution in [0.15, 0.2) is 125 Å². The fraction of sp³-hybridized carbons (Fsp3) is 0.0323. The molecule has 0 saturated carbocycles. The summed E-state index contributed by atoms with van der Waals surface area (Å²) in [5, 5.41) is 28.5. The van der Waals surface area contributed by atoms with Crippen molar-refractivity contribution in [1.29, 1.82) is 0 Å². The summed E-state index contributed by atoms with van der Waals surface area (Å²) in [7, 11) is 0. The Bertz CT molecular complexity index is 1890. The molecular weight excluding hydrogens is 516 g/mol. The van der Waals surface area contributed by atoms with Crippen LogP contribution in [-0.2, 0) is 6.54 Å². The van der Waals surface area contributed by atoms with Gasteiger partial charge in [0.1, 0.15) is 5.69 Å². The molecule has 0 saturated heterocycles. The van der Waals surface area contributed by atoms with Gasteiger partial charge in [-0.1, -0.05) is 65.9 Å². The second-order valence-electron chi connectivity index (χ2n) is 9.17. The van der Waals surface area contributed by atoms with E-state index in [2.05, 4.69) is 42.1 Å². The van der Waals surface area contributed by atoms with Crippen LogP contribution in [0, 0.1) is 0 Å². The molecule has 0 spiro atoms. The average molecular weight is 539 g/mol. The number of hydrogen-bond acceptors (Lipinski definition) is 9. The second-order valence-corrected chi connectivity index (χ2v) is 9.17. The van der Waals surface area contributed by atoms with Crippen LogP contribution in [0.1, 0.15) is 5.69 Å². The largest absolute Gasteiger partial charge is 0.423 e. The minimum absolute atomic E-state index is 0.439. The smallest absolute Gasteiger partial charge is 0.250 e. The first kappa shape index (κ1) is 24.2. The first-order chi connectivity index (χ1) is 20.3. The minimum Gasteiger partial charge on any atom is -0.423 e. The summed E-state index contributed by atoms with van der Waals surface area (Å²) in [6.07, 6.45) is 3.24. The third-order valence-corrected chi connectivity index (χ3v) is 6.56. The first-order valence-electron chi connectivity index (χ1n) is 12.9. The van der Waals surface area contributed by atoms with Crippen LogP contribution >= 0.6 is 0 Å². The Kier molecular flexibility index (Phi) is 6.30. The van der Waals surface area contributed by atoms with E-state index in [1.54, 1.807) is 4.68 Å². The molecule has 4 aromatic carbocycles. The molecule has 3 heterocycles. The zero-order valence-electron chi connectivity index (χ0n) is 21.6. The van der Waals surface area contributed by atoms with Gasteiger partial charge in [-0.3, -0.25) is 0 Å². The van der Waals surface area contributed by atoms with Crippen molar-refractivity contribution in [2.45, 2.75) is 6.54 Å². The standard InChI is InChI=1S/C31H22N8O2/c1-2-8-22(9-3-1)30-36-37-31(41-30)26-11-4-6-12-27(26)32-18-24-19-39(38-34-24)28-13-7-5-10-25(28)21-14-16-23(17-15-21)29-35-33-20-40-29/h1-17,19-20,32H,18H2. The molecule has 7 rings (SSSR count). The topological polar surface area (TPSA) is 121 Å². The summed E-state index contributed by atoms with van der Waals surface area (Å²) in [6.45, 7) is 0.456. The number of nitrogens with one attached hydrogen (secondary N) is 1. The second kappa shape index (κ2) is 10.7. The van der Waals surface area contributed by atoms with Crippen molar-refractivity contribution in [2.24, 2.45) is 0 Å². The quantitative estimate of drug-likeness (QED) is 0.237. The maximum Gasteiger partial charge on any atom is 0.250 e. The van der Waals surface area contributed by atoms with Crippen LogP contribution in [0.4, 0.5) is 5.69 Å². The molecule has 1 N–H and O–H groups in total. The SMILES string of the molecule is c1ccc(-c2nnc(-c3ccccc3NCc3cn(-c4ccccc4-c4ccc(-c5nnco5)cc4)nn3)o2)cc1. The molecule has 0 aliphatic rings. The fourth-order valence-corrected chi connectivity index (χ4v) is 4.54. The molecule has 0 atom stereocenters. The zero-order valence-corrected chi connectivity index (χ0v) is 21.6. The average Bonchev–Trinajstić information content (AvgIpc) is 3.84. The van der Waals surface area contributed by atoms with Crippen LogP contribution in [0.25, 0.3) is 51.2 Å². The highest BCUT2D eigenvalue weighted by atomic mass is 16.4. The lowest BCUT2D eigenvalue weighted by Crippen LogP contribution is -2.01. The van der Waals surface area contributed by atoms with E-state index in [1.165, 1.54) is 6.39 Å². The zero-order chi connectivity index (χ0) is 27.4. The lowest BCUT2D eigenvalue weighted by Gasteiger charge is -2.10. The molecule has 0 fully saturated rings. The molecule has 10 nitrogen and oxygen atoms in total. The number of hydrogen-bond donors (Lipinski definition) is 1. The molecule has 0 bridgehead atoms. The van der Waals surface area contributed by atoms with E-state index >= 15 is 0 Å². The van der Waals surface area contributed by atoms with Gasteiger partial charge in [-0.05, 0) is 48.0 Å². The Balaban J connectivity index is 1.10. The van der Waals surface area contributed by atoms with Crippen LogP contribution in [0.2, 0.25) is 0 Å². The number of benzene rings is 4. The number of nitrogens with zero attached hydrogens (tertiary/aromatic N) is 7. The Labute approximate surface area is 234 Å². The van der Waals surface area contributed by atoms with Crippen LogP contribution in [0.5, 0.6) is 0 Å². The van der Waals surface area contributed by atoms with Gasteiger partial charge in [0.2, 0.25) is 24.1 Å². The van der Waals surface area contributed by atoms with Gasteiger partial charge in [0.05, 0.1) is 24.0 Å². The number of anilines is 1. The highest BCUT2D eigenvalue weighted by molar-refractivity contribution is 5.75. The summed E-state index contributed by atoms with van der Waals surface area (Å²) in [6, 6.07) is 33.5. The van der Waals surface area contributed by atoms with Crippen molar-refractivity contribution in [2.75, 3.05) is 5.32 Å². The molecular formula is C31H22N8O2. The number of para-hydroxylation sites is 2. The molecule has 0 aliphatic heterocycles. The van der Waals surface area contributed by atoms with E-state index in [0.29, 0.717) is 24.2 Å². The van der Waals surface area contributed by atoms with Gasteiger partial charge in [0.25, 0.3) is 0 Å². The van der Waals surface area contributed by atoms with E-state index in [-0.39, 0.29) is 0 Å². The van der Waals surface area contributed by atoms with Gasteiger partial charge in [-0.2, -0.15) is 0 Å². The Morgan fingerprint density at radius 3 is 2.15 bits per heavy atom. The highest BCUT2D eigenvalue weighted by Crippen LogP contribution is 2.31. The number of aromatic nitrogens is 7. The van der Waals surface area contributed by atoms with Crippen LogP contribution in [-0.4, -0.2) is 35.4 Å². The van der Waals surface area contributed by atoms with Gasteiger partial charge < -0.3 is 14.2 Å². The Morgan fingerprint density at radius 1 is 0.610 bits per heavy atom. The molecule has 0 radical (unpaired) electrons. The first-order valence-corrected chi connectivity index (χ1v) is 12.9. The predicted octanol–water partition coefficient (Wildman–Crippen LogP) is 6.31. The summed E-state index contributed by atoms with van der Waals surface area (Å²) >= 11 is 0. The molecule has 10 heteroatoms. The summed E-state index contributed by atoms with van der Waals surface area (Å²) < 4.78 is 13.1. The van der Waals surface area contributed by atoms with Crippen molar-refractivity contribution < 1.29 is 8.83 Å². The highest BCUT2D eigenvalue weighted by Gasteiger charge is 2.15. The van der Waals surface area contributed by atoms with Crippen molar-refractivity contribution in [3.05, 3.63) is 121 Å². The lowest BCUT2D eigenvalue weighted by atomic mass is 10.0. The van der Waals surface area contributed by atoms with Crippen LogP contribution < -0.4 is 5.32 Å². The van der Waals surface area contributed by atoms with Gasteiger partial charge >= 0.3 is 0 Å². The fourth-order valence-electron chi connectivity index (χ4n) is 4.54. The van der Waals surface area contributed by atoms with E-state index in [1.807, 2.05) is 103 Å². The lowest BCUT2D eigenvalue weighted by molar-refractivity contribution is 0.568. The summed E-state index contributed by atoms with van der Waals surface area (Å²) in [5.74, 6) is 1.39. The molecule has 0 amide bonds. The maximum atomic E-state index is 5.99. The monoisotopic (exact) mass is 538 g/mol. The van der Waals surface area contributed by atoms with Crippen molar-refractivity contribution in [3.8, 4) is 51.2 Å². The van der Waals surface area contributed by atoms with Gasteiger partial charge in [0, 0.05) is 22.4 Å². The molecule has 7 aromatic rings. The maximum absolute atomic E-state index is 5.99. The molecule has 198 valence electrons. The number of rotatable bonds is 8. The van der Waals surface area contributed by atoms with Crippen molar-refractivity contribution in [1.82, 2.24) is 35.4 Å². The van der Waals surface area contributed by atoms with Gasteiger partial charge in [-0.15, -0.1) is 25.5 Å². The third kappa shape index (κ3) is 4.97. The third-order valence-electron chi connectivity index (χ3n) is 6.56. The predicted molar refractivity (Wildman–Crippen MR) is 153 cm³/mol. The van der Waals surface area contributed by atoms with Crippen molar-refractivity contribution >= 4 is 5.69 Å². The van der Waals surface area contributed by atoms with E-state index in [0.717, 1.165) is 44.9 Å². The van der Waals surface area contributed by atoms with E-state index in [4.69, 9.17) is 8.83 Å². The molecule has 0 aliphatic carbocycles. The molecule has 3 aromatic heterocycles. The minimum atomic E-state index is 0.439. The Morgan fingerprint density at radius 2 is 1.32 bits per heavy atom. The molecule has 0 unspecified atom stereocenters. The van der Waals surface area contributed by atoms with Crippen LogP contribution in [0.3, 0.4) is 0 Å². The van der Waals surface area contributed by atoms with Gasteiger partial charge in [-0.25, -0.2) is 4.68 Å². The summed E-state index contributed by atoms with van der Waals surface area (Å²) in [5.41, 5.74) is 7.13. The summed E-state index contributed by atoms with van der Waals surface area (Å²) in [4.78, 5) is 0. The van der Waals surface area contributed by atoms with Gasteiger partial charge in [0.15, 0.2) is 0 Å². The van der Waals surface area contributed by atoms with Crippen molar-refractivity contribution in [3.63, 3.8) is 0 Å². The van der Waals surface area contributed by atoms with E-state index < -0.39 is 0 Å². The molecule has 41 heavy (non-hydrogen) atoms. The van der Waals surface area contributed by atoms with E-state index in [9.17, 15) is 0 Å².